The summed E-state index contributed by atoms with van der Waals surface area (Å²) in [7, 11) is 3.11. The average Bonchev–Trinajstić information content (AvgIpc) is 2.73. The molecule has 0 atom stereocenters. The summed E-state index contributed by atoms with van der Waals surface area (Å²) in [6, 6.07) is 13.4. The van der Waals surface area contributed by atoms with E-state index in [1.165, 1.54) is 0 Å². The van der Waals surface area contributed by atoms with Crippen LogP contribution in [0.1, 0.15) is 28.8 Å². The Balaban J connectivity index is 1.77. The van der Waals surface area contributed by atoms with Gasteiger partial charge >= 0.3 is 0 Å². The van der Waals surface area contributed by atoms with Crippen molar-refractivity contribution < 1.29 is 19.0 Å². The van der Waals surface area contributed by atoms with Gasteiger partial charge in [-0.05, 0) is 43.6 Å². The Hall–Kier alpha value is -2.73. The van der Waals surface area contributed by atoms with Crippen molar-refractivity contribution in [1.29, 1.82) is 0 Å². The maximum Gasteiger partial charge on any atom is 0.251 e. The lowest BCUT2D eigenvalue weighted by Gasteiger charge is -2.24. The number of benzene rings is 2. The largest absolute Gasteiger partial charge is 0.493 e. The zero-order valence-corrected chi connectivity index (χ0v) is 15.8. The average molecular weight is 370 g/mol. The van der Waals surface area contributed by atoms with Gasteiger partial charge in [0.25, 0.3) is 5.91 Å². The summed E-state index contributed by atoms with van der Waals surface area (Å²) in [5.74, 6) is 1.30. The first-order chi connectivity index (χ1) is 13.2. The van der Waals surface area contributed by atoms with Gasteiger partial charge in [0.1, 0.15) is 6.61 Å². The van der Waals surface area contributed by atoms with Gasteiger partial charge in [-0.2, -0.15) is 0 Å². The molecule has 0 saturated carbocycles. The van der Waals surface area contributed by atoms with E-state index in [1.807, 2.05) is 30.3 Å². The maximum absolute atomic E-state index is 12.7. The van der Waals surface area contributed by atoms with Crippen LogP contribution in [0.4, 0.5) is 0 Å². The van der Waals surface area contributed by atoms with Crippen molar-refractivity contribution in [2.75, 3.05) is 27.3 Å². The number of nitrogens with one attached hydrogen (secondary N) is 2. The van der Waals surface area contributed by atoms with Gasteiger partial charge in [-0.15, -0.1) is 0 Å². The molecule has 3 rings (SSSR count). The van der Waals surface area contributed by atoms with Crippen LogP contribution in [0, 0.1) is 0 Å². The van der Waals surface area contributed by atoms with E-state index in [4.69, 9.17) is 14.2 Å². The highest BCUT2D eigenvalue weighted by molar-refractivity contribution is 5.95. The van der Waals surface area contributed by atoms with Gasteiger partial charge < -0.3 is 24.8 Å². The molecule has 1 aliphatic heterocycles. The Morgan fingerprint density at radius 1 is 1.07 bits per heavy atom. The second-order valence-electron chi connectivity index (χ2n) is 6.48. The molecule has 6 heteroatoms. The quantitative estimate of drug-likeness (QED) is 0.784. The number of carbonyl (C=O) groups excluding carboxylic acids is 1. The molecule has 1 saturated heterocycles. The van der Waals surface area contributed by atoms with Gasteiger partial charge in [0, 0.05) is 11.6 Å². The van der Waals surface area contributed by atoms with E-state index in [1.54, 1.807) is 26.4 Å². The van der Waals surface area contributed by atoms with Gasteiger partial charge in [0.05, 0.1) is 14.2 Å². The van der Waals surface area contributed by atoms with Crippen molar-refractivity contribution >= 4 is 5.91 Å². The van der Waals surface area contributed by atoms with Crippen molar-refractivity contribution in [2.45, 2.75) is 25.5 Å². The van der Waals surface area contributed by atoms with Crippen molar-refractivity contribution in [2.24, 2.45) is 0 Å². The van der Waals surface area contributed by atoms with E-state index in [0.29, 0.717) is 29.4 Å². The number of amides is 1. The highest BCUT2D eigenvalue weighted by atomic mass is 16.5. The summed E-state index contributed by atoms with van der Waals surface area (Å²) < 4.78 is 16.9. The maximum atomic E-state index is 12.7. The number of hydrogen-bond acceptors (Lipinski definition) is 5. The van der Waals surface area contributed by atoms with Gasteiger partial charge in [0.15, 0.2) is 11.5 Å². The van der Waals surface area contributed by atoms with Crippen molar-refractivity contribution in [3.8, 4) is 17.2 Å². The topological polar surface area (TPSA) is 68.8 Å². The summed E-state index contributed by atoms with van der Waals surface area (Å²) in [5.41, 5.74) is 1.53. The first-order valence-corrected chi connectivity index (χ1v) is 9.15. The molecule has 0 radical (unpaired) electrons. The zero-order chi connectivity index (χ0) is 19.1. The lowest BCUT2D eigenvalue weighted by atomic mass is 10.1. The number of rotatable bonds is 7. The van der Waals surface area contributed by atoms with E-state index >= 15 is 0 Å². The second kappa shape index (κ2) is 9.28. The summed E-state index contributed by atoms with van der Waals surface area (Å²) in [6.07, 6.45) is 1.86. The first-order valence-electron chi connectivity index (χ1n) is 9.15. The van der Waals surface area contributed by atoms with Crippen LogP contribution in [0.15, 0.2) is 42.5 Å². The number of ether oxygens (including phenoxy) is 3. The molecule has 0 unspecified atom stereocenters. The predicted octanol–water partition coefficient (Wildman–Crippen LogP) is 2.76. The highest BCUT2D eigenvalue weighted by Crippen LogP contribution is 2.39. The minimum absolute atomic E-state index is 0.131. The van der Waals surface area contributed by atoms with E-state index in [2.05, 4.69) is 10.6 Å². The summed E-state index contributed by atoms with van der Waals surface area (Å²) in [4.78, 5) is 12.7. The lowest BCUT2D eigenvalue weighted by molar-refractivity contribution is 0.0928. The van der Waals surface area contributed by atoms with Gasteiger partial charge in [-0.3, -0.25) is 4.79 Å². The monoisotopic (exact) mass is 370 g/mol. The summed E-state index contributed by atoms with van der Waals surface area (Å²) in [5, 5.41) is 6.38. The van der Waals surface area contributed by atoms with Crippen molar-refractivity contribution in [3.05, 3.63) is 53.6 Å². The van der Waals surface area contributed by atoms with Crippen LogP contribution in [-0.4, -0.2) is 39.3 Å². The Bertz CT molecular complexity index is 733. The normalized spacial score (nSPS) is 14.4. The van der Waals surface area contributed by atoms with Crippen LogP contribution < -0.4 is 24.8 Å². The smallest absolute Gasteiger partial charge is 0.251 e. The van der Waals surface area contributed by atoms with Gasteiger partial charge in [-0.25, -0.2) is 0 Å². The van der Waals surface area contributed by atoms with E-state index < -0.39 is 0 Å². The molecule has 1 amide bonds. The molecule has 1 fully saturated rings. The fraction of sp³-hybridized carbons (Fsp3) is 0.381. The van der Waals surface area contributed by atoms with E-state index in [9.17, 15) is 4.79 Å². The SMILES string of the molecule is COc1cc(C(=O)NC2CCNCC2)cc(OC)c1OCc1ccccc1. The fourth-order valence-electron chi connectivity index (χ4n) is 3.12. The van der Waals surface area contributed by atoms with Gasteiger partial charge in [0.2, 0.25) is 5.75 Å². The highest BCUT2D eigenvalue weighted by Gasteiger charge is 2.21. The molecule has 0 bridgehead atoms. The third-order valence-corrected chi connectivity index (χ3v) is 4.62. The molecule has 2 aromatic rings. The number of piperidine rings is 1. The minimum Gasteiger partial charge on any atom is -0.493 e. The Morgan fingerprint density at radius 2 is 1.70 bits per heavy atom. The molecule has 2 N–H and O–H groups in total. The predicted molar refractivity (Wildman–Crippen MR) is 104 cm³/mol. The third kappa shape index (κ3) is 4.92. The van der Waals surface area contributed by atoms with Crippen LogP contribution in [-0.2, 0) is 6.61 Å². The fourth-order valence-corrected chi connectivity index (χ4v) is 3.12. The van der Waals surface area contributed by atoms with Crippen LogP contribution >= 0.6 is 0 Å². The molecule has 0 spiro atoms. The molecule has 6 nitrogen and oxygen atoms in total. The van der Waals surface area contributed by atoms with Gasteiger partial charge in [-0.1, -0.05) is 30.3 Å². The molecule has 27 heavy (non-hydrogen) atoms. The zero-order valence-electron chi connectivity index (χ0n) is 15.8. The summed E-state index contributed by atoms with van der Waals surface area (Å²) in [6.45, 7) is 2.22. The van der Waals surface area contributed by atoms with Crippen LogP contribution in [0.2, 0.25) is 0 Å². The third-order valence-electron chi connectivity index (χ3n) is 4.62. The molecule has 144 valence electrons. The van der Waals surface area contributed by atoms with Crippen LogP contribution in [0.5, 0.6) is 17.2 Å². The van der Waals surface area contributed by atoms with E-state index in [0.717, 1.165) is 31.5 Å². The lowest BCUT2D eigenvalue weighted by Crippen LogP contribution is -2.42. The molecule has 2 aromatic carbocycles. The number of hydrogen-bond donors (Lipinski definition) is 2. The van der Waals surface area contributed by atoms with Crippen LogP contribution in [0.3, 0.4) is 0 Å². The molecule has 0 aromatic heterocycles. The van der Waals surface area contributed by atoms with Crippen molar-refractivity contribution in [3.63, 3.8) is 0 Å². The summed E-state index contributed by atoms with van der Waals surface area (Å²) >= 11 is 0. The Kier molecular flexibility index (Phi) is 6.54. The van der Waals surface area contributed by atoms with E-state index in [-0.39, 0.29) is 11.9 Å². The molecular formula is C21H26N2O4. The minimum atomic E-state index is -0.131. The van der Waals surface area contributed by atoms with Crippen molar-refractivity contribution in [1.82, 2.24) is 10.6 Å². The Morgan fingerprint density at radius 3 is 2.30 bits per heavy atom. The molecule has 1 heterocycles. The molecular weight excluding hydrogens is 344 g/mol. The number of carbonyl (C=O) groups is 1. The standard InChI is InChI=1S/C21H26N2O4/c1-25-18-12-16(21(24)23-17-8-10-22-11-9-17)13-19(26-2)20(18)27-14-15-6-4-3-5-7-15/h3-7,12-13,17,22H,8-11,14H2,1-2H3,(H,23,24). The molecule has 1 aliphatic rings. The second-order valence-corrected chi connectivity index (χ2v) is 6.48. The first kappa shape index (κ1) is 19.0. The number of methoxy groups -OCH3 is 2. The molecule has 0 aliphatic carbocycles. The Labute approximate surface area is 159 Å². The van der Waals surface area contributed by atoms with Crippen LogP contribution in [0.25, 0.3) is 0 Å².